The lowest BCUT2D eigenvalue weighted by Crippen LogP contribution is -2.42. The van der Waals surface area contributed by atoms with Crippen molar-refractivity contribution in [3.8, 4) is 0 Å². The predicted molar refractivity (Wildman–Crippen MR) is 87.2 cm³/mol. The third kappa shape index (κ3) is 5.35. The Hall–Kier alpha value is -0.710. The van der Waals surface area contributed by atoms with Crippen LogP contribution < -0.4 is 5.73 Å². The molecule has 1 atom stereocenters. The van der Waals surface area contributed by atoms with Crippen LogP contribution in [0.25, 0.3) is 0 Å². The van der Waals surface area contributed by atoms with E-state index in [9.17, 15) is 4.79 Å². The van der Waals surface area contributed by atoms with Gasteiger partial charge in [-0.2, -0.15) is 0 Å². The van der Waals surface area contributed by atoms with Crippen molar-refractivity contribution in [2.45, 2.75) is 30.9 Å². The quantitative estimate of drug-likeness (QED) is 0.820. The minimum atomic E-state index is -0.130. The number of carbonyl (C=O) groups excluding carboxylic acids is 1. The highest BCUT2D eigenvalue weighted by atomic mass is 35.5. The average Bonchev–Trinajstić information content (AvgIpc) is 2.40. The van der Waals surface area contributed by atoms with E-state index in [0.29, 0.717) is 18.1 Å². The lowest BCUT2D eigenvalue weighted by Gasteiger charge is -2.30. The van der Waals surface area contributed by atoms with Crippen molar-refractivity contribution in [3.05, 3.63) is 29.3 Å². The summed E-state index contributed by atoms with van der Waals surface area (Å²) in [7, 11) is 1.83. The Labute approximate surface area is 130 Å². The summed E-state index contributed by atoms with van der Waals surface area (Å²) < 4.78 is 0. The van der Waals surface area contributed by atoms with Crippen molar-refractivity contribution < 1.29 is 4.79 Å². The van der Waals surface area contributed by atoms with Crippen molar-refractivity contribution in [2.24, 2.45) is 11.1 Å². The number of nitrogens with zero attached hydrogens (tertiary/aromatic N) is 1. The smallest absolute Gasteiger partial charge is 0.235 e. The summed E-state index contributed by atoms with van der Waals surface area (Å²) in [5, 5.41) is 0.574. The van der Waals surface area contributed by atoms with Gasteiger partial charge in [-0.15, -0.1) is 11.8 Å². The molecular formula is C15H23ClN2OS. The van der Waals surface area contributed by atoms with Crippen molar-refractivity contribution >= 4 is 29.3 Å². The van der Waals surface area contributed by atoms with Gasteiger partial charge in [0.15, 0.2) is 0 Å². The summed E-state index contributed by atoms with van der Waals surface area (Å²) in [5.74, 6) is 0.117. The van der Waals surface area contributed by atoms with Crippen molar-refractivity contribution in [1.29, 1.82) is 0 Å². The fourth-order valence-electron chi connectivity index (χ4n) is 1.86. The van der Waals surface area contributed by atoms with Gasteiger partial charge in [0.2, 0.25) is 5.91 Å². The maximum Gasteiger partial charge on any atom is 0.235 e. The van der Waals surface area contributed by atoms with E-state index >= 15 is 0 Å². The minimum Gasteiger partial charge on any atom is -0.344 e. The third-order valence-corrected chi connectivity index (χ3v) is 4.42. The first-order valence-corrected chi connectivity index (χ1v) is 7.88. The zero-order valence-corrected chi connectivity index (χ0v) is 14.1. The first-order valence-electron chi connectivity index (χ1n) is 6.62. The van der Waals surface area contributed by atoms with Gasteiger partial charge in [-0.25, -0.2) is 0 Å². The van der Waals surface area contributed by atoms with Crippen LogP contribution in [0.1, 0.15) is 20.8 Å². The summed E-state index contributed by atoms with van der Waals surface area (Å²) >= 11 is 7.39. The molecule has 1 rings (SSSR count). The number of benzene rings is 1. The normalized spacial score (nSPS) is 13.1. The van der Waals surface area contributed by atoms with Crippen LogP contribution in [0.2, 0.25) is 5.02 Å². The van der Waals surface area contributed by atoms with Gasteiger partial charge in [-0.3, -0.25) is 4.79 Å². The lowest BCUT2D eigenvalue weighted by molar-refractivity contribution is -0.130. The molecule has 0 spiro atoms. The van der Waals surface area contributed by atoms with Gasteiger partial charge >= 0.3 is 0 Å². The molecular weight excluding hydrogens is 292 g/mol. The van der Waals surface area contributed by atoms with E-state index in [1.807, 2.05) is 38.2 Å². The van der Waals surface area contributed by atoms with Crippen molar-refractivity contribution in [1.82, 2.24) is 4.90 Å². The Morgan fingerprint density at radius 1 is 1.40 bits per heavy atom. The lowest BCUT2D eigenvalue weighted by atomic mass is 9.93. The zero-order valence-electron chi connectivity index (χ0n) is 12.5. The fraction of sp³-hybridized carbons (Fsp3) is 0.533. The molecule has 0 saturated heterocycles. The molecule has 1 unspecified atom stereocenters. The van der Waals surface area contributed by atoms with E-state index in [0.717, 1.165) is 4.90 Å². The van der Waals surface area contributed by atoms with Gasteiger partial charge in [0, 0.05) is 23.5 Å². The number of carbonyl (C=O) groups is 1. The van der Waals surface area contributed by atoms with Crippen molar-refractivity contribution in [2.75, 3.05) is 20.1 Å². The molecule has 0 bridgehead atoms. The first-order chi connectivity index (χ1) is 9.25. The Morgan fingerprint density at radius 3 is 2.45 bits per heavy atom. The molecule has 5 heteroatoms. The number of rotatable bonds is 6. The van der Waals surface area contributed by atoms with Gasteiger partial charge in [-0.1, -0.05) is 25.4 Å². The van der Waals surface area contributed by atoms with E-state index in [2.05, 4.69) is 13.8 Å². The van der Waals surface area contributed by atoms with E-state index < -0.39 is 0 Å². The molecule has 0 fully saturated rings. The van der Waals surface area contributed by atoms with Gasteiger partial charge in [0.1, 0.15) is 0 Å². The average molecular weight is 315 g/mol. The number of amides is 1. The highest BCUT2D eigenvalue weighted by Crippen LogP contribution is 2.26. The summed E-state index contributed by atoms with van der Waals surface area (Å²) in [5.41, 5.74) is 5.65. The molecule has 112 valence electrons. The molecule has 0 aliphatic heterocycles. The summed E-state index contributed by atoms with van der Waals surface area (Å²) in [6, 6.07) is 7.53. The Balaban J connectivity index is 2.60. The Bertz CT molecular complexity index is 448. The van der Waals surface area contributed by atoms with Crippen LogP contribution in [-0.2, 0) is 4.79 Å². The van der Waals surface area contributed by atoms with Crippen LogP contribution in [0.3, 0.4) is 0 Å². The van der Waals surface area contributed by atoms with Crippen LogP contribution in [0.5, 0.6) is 0 Å². The molecule has 0 heterocycles. The topological polar surface area (TPSA) is 46.3 Å². The molecule has 0 aromatic heterocycles. The van der Waals surface area contributed by atoms with Crippen LogP contribution in [0, 0.1) is 5.41 Å². The molecule has 20 heavy (non-hydrogen) atoms. The number of hydrogen-bond donors (Lipinski definition) is 1. The highest BCUT2D eigenvalue weighted by molar-refractivity contribution is 8.00. The molecule has 0 aliphatic rings. The van der Waals surface area contributed by atoms with E-state index in [1.165, 1.54) is 0 Å². The third-order valence-electron chi connectivity index (χ3n) is 3.07. The van der Waals surface area contributed by atoms with E-state index in [4.69, 9.17) is 17.3 Å². The second-order valence-corrected chi connectivity index (χ2v) is 7.63. The van der Waals surface area contributed by atoms with Crippen molar-refractivity contribution in [3.63, 3.8) is 0 Å². The van der Waals surface area contributed by atoms with E-state index in [1.54, 1.807) is 16.7 Å². The molecule has 1 aromatic rings. The number of hydrogen-bond acceptors (Lipinski definition) is 3. The maximum absolute atomic E-state index is 12.3. The van der Waals surface area contributed by atoms with Crippen LogP contribution in [0.4, 0.5) is 0 Å². The number of halogens is 1. The van der Waals surface area contributed by atoms with Crippen LogP contribution >= 0.6 is 23.4 Å². The molecule has 1 amide bonds. The zero-order chi connectivity index (χ0) is 15.3. The highest BCUT2D eigenvalue weighted by Gasteiger charge is 2.24. The first kappa shape index (κ1) is 17.3. The minimum absolute atomic E-state index is 0.0604. The molecule has 3 nitrogen and oxygen atoms in total. The molecule has 0 aliphatic carbocycles. The molecule has 1 aromatic carbocycles. The SMILES string of the molecule is CC(Sc1ccc(Cl)cc1)C(=O)N(C)CC(C)(C)CN. The maximum atomic E-state index is 12.3. The number of thioether (sulfide) groups is 1. The Morgan fingerprint density at radius 2 is 1.95 bits per heavy atom. The number of nitrogens with two attached hydrogens (primary N) is 1. The molecule has 2 N–H and O–H groups in total. The summed E-state index contributed by atoms with van der Waals surface area (Å²) in [6.45, 7) is 7.27. The largest absolute Gasteiger partial charge is 0.344 e. The monoisotopic (exact) mass is 314 g/mol. The standard InChI is InChI=1S/C15H23ClN2OS/c1-11(20-13-7-5-12(16)6-8-13)14(19)18(4)10-15(2,3)9-17/h5-8,11H,9-10,17H2,1-4H3. The van der Waals surface area contributed by atoms with Crippen LogP contribution in [-0.4, -0.2) is 36.2 Å². The fourth-order valence-corrected chi connectivity index (χ4v) is 2.97. The van der Waals surface area contributed by atoms with Crippen LogP contribution in [0.15, 0.2) is 29.2 Å². The van der Waals surface area contributed by atoms with Gasteiger partial charge < -0.3 is 10.6 Å². The predicted octanol–water partition coefficient (Wildman–Crippen LogP) is 3.26. The van der Waals surface area contributed by atoms with Gasteiger partial charge in [0.05, 0.1) is 5.25 Å². The summed E-state index contributed by atoms with van der Waals surface area (Å²) in [6.07, 6.45) is 0. The molecule has 0 radical (unpaired) electrons. The molecule has 0 saturated carbocycles. The summed E-state index contributed by atoms with van der Waals surface area (Å²) in [4.78, 5) is 15.2. The van der Waals surface area contributed by atoms with E-state index in [-0.39, 0.29) is 16.6 Å². The second-order valence-electron chi connectivity index (χ2n) is 5.78. The van der Waals surface area contributed by atoms with Gasteiger partial charge in [0.25, 0.3) is 0 Å². The Kier molecular flexibility index (Phi) is 6.37. The van der Waals surface area contributed by atoms with Gasteiger partial charge in [-0.05, 0) is 43.1 Å². The second kappa shape index (κ2) is 7.34.